The summed E-state index contributed by atoms with van der Waals surface area (Å²) in [4.78, 5) is 25.8. The minimum absolute atomic E-state index is 0.0375. The van der Waals surface area contributed by atoms with E-state index < -0.39 is 9.84 Å². The van der Waals surface area contributed by atoms with Crippen LogP contribution in [0.15, 0.2) is 58.7 Å². The summed E-state index contributed by atoms with van der Waals surface area (Å²) in [6.07, 6.45) is 2.46. The molecule has 0 aliphatic carbocycles. The predicted octanol–water partition coefficient (Wildman–Crippen LogP) is 3.14. The van der Waals surface area contributed by atoms with Gasteiger partial charge < -0.3 is 19.4 Å². The number of aromatic nitrogens is 2. The summed E-state index contributed by atoms with van der Waals surface area (Å²) in [5, 5.41) is -0.0441. The van der Waals surface area contributed by atoms with Gasteiger partial charge in [-0.1, -0.05) is 0 Å². The molecule has 172 valence electrons. The van der Waals surface area contributed by atoms with Crippen molar-refractivity contribution in [3.8, 4) is 22.8 Å². The molecule has 4 rings (SSSR count). The van der Waals surface area contributed by atoms with Gasteiger partial charge in [0.05, 0.1) is 12.7 Å². The number of sulfone groups is 1. The van der Waals surface area contributed by atoms with Gasteiger partial charge in [0.15, 0.2) is 14.9 Å². The fourth-order valence-corrected chi connectivity index (χ4v) is 3.85. The van der Waals surface area contributed by atoms with Crippen LogP contribution in [0, 0.1) is 0 Å². The average Bonchev–Trinajstić information content (AvgIpc) is 3.42. The number of amides is 1. The van der Waals surface area contributed by atoms with Gasteiger partial charge in [0.25, 0.3) is 5.91 Å². The molecule has 1 atom stereocenters. The molecule has 1 aliphatic heterocycles. The van der Waals surface area contributed by atoms with Crippen molar-refractivity contribution in [2.45, 2.75) is 18.1 Å². The minimum Gasteiger partial charge on any atom is -0.471 e. The number of nitrogens with one attached hydrogen (secondary N) is 1. The Hall–Kier alpha value is -3.66. The van der Waals surface area contributed by atoms with Crippen molar-refractivity contribution in [1.29, 1.82) is 0 Å². The van der Waals surface area contributed by atoms with E-state index in [0.29, 0.717) is 29.5 Å². The second kappa shape index (κ2) is 8.70. The monoisotopic (exact) mass is 468 g/mol. The van der Waals surface area contributed by atoms with E-state index in [-0.39, 0.29) is 17.0 Å². The van der Waals surface area contributed by atoms with Crippen LogP contribution >= 0.6 is 0 Å². The Bertz CT molecular complexity index is 1330. The van der Waals surface area contributed by atoms with Crippen LogP contribution in [-0.2, 0) is 14.6 Å². The highest BCUT2D eigenvalue weighted by molar-refractivity contribution is 7.90. The lowest BCUT2D eigenvalue weighted by Gasteiger charge is -2.14. The molecule has 3 heterocycles. The number of benzene rings is 1. The van der Waals surface area contributed by atoms with E-state index in [1.807, 2.05) is 19.1 Å². The first-order chi connectivity index (χ1) is 15.6. The van der Waals surface area contributed by atoms with Crippen LogP contribution < -0.4 is 4.74 Å². The Morgan fingerprint density at radius 1 is 1.12 bits per heavy atom. The van der Waals surface area contributed by atoms with Crippen LogP contribution in [0.2, 0.25) is 0 Å². The molecule has 2 aromatic heterocycles. The molecule has 10 heteroatoms. The lowest BCUT2D eigenvalue weighted by atomic mass is 10.1. The van der Waals surface area contributed by atoms with Gasteiger partial charge in [-0.25, -0.2) is 18.4 Å². The molecule has 0 unspecified atom stereocenters. The first-order valence-electron chi connectivity index (χ1n) is 10.2. The SMILES string of the molecule is C[C@H]1CN=C(c2ccc(-c3cc(Oc4ccc(S(C)(=O)=O)nc4)cc(C(=O)N(C)C)c3)[nH]2)O1. The lowest BCUT2D eigenvalue weighted by Crippen LogP contribution is -2.21. The van der Waals surface area contributed by atoms with Gasteiger partial charge in [0.2, 0.25) is 5.90 Å². The average molecular weight is 469 g/mol. The highest BCUT2D eigenvalue weighted by Crippen LogP contribution is 2.30. The zero-order valence-electron chi connectivity index (χ0n) is 18.7. The smallest absolute Gasteiger partial charge is 0.253 e. The Balaban J connectivity index is 1.68. The molecule has 1 amide bonds. The van der Waals surface area contributed by atoms with Crippen molar-refractivity contribution < 1.29 is 22.7 Å². The molecule has 0 saturated carbocycles. The van der Waals surface area contributed by atoms with Gasteiger partial charge in [0, 0.05) is 37.2 Å². The van der Waals surface area contributed by atoms with Gasteiger partial charge in [-0.05, 0) is 49.4 Å². The molecule has 9 nitrogen and oxygen atoms in total. The third kappa shape index (κ3) is 5.06. The minimum atomic E-state index is -3.41. The van der Waals surface area contributed by atoms with E-state index in [1.165, 1.54) is 23.2 Å². The highest BCUT2D eigenvalue weighted by Gasteiger charge is 2.19. The second-order valence-electron chi connectivity index (χ2n) is 8.01. The topological polar surface area (TPSA) is 114 Å². The van der Waals surface area contributed by atoms with E-state index in [1.54, 1.807) is 32.3 Å². The van der Waals surface area contributed by atoms with Crippen molar-refractivity contribution in [3.63, 3.8) is 0 Å². The number of nitrogens with zero attached hydrogens (tertiary/aromatic N) is 3. The maximum atomic E-state index is 12.7. The number of hydrogen-bond donors (Lipinski definition) is 1. The summed E-state index contributed by atoms with van der Waals surface area (Å²) in [5.41, 5.74) is 2.69. The number of carbonyl (C=O) groups excluding carboxylic acids is 1. The third-order valence-corrected chi connectivity index (χ3v) is 5.92. The summed E-state index contributed by atoms with van der Waals surface area (Å²) in [7, 11) is -0.0649. The van der Waals surface area contributed by atoms with Crippen molar-refractivity contribution in [1.82, 2.24) is 14.9 Å². The van der Waals surface area contributed by atoms with Crippen molar-refractivity contribution in [3.05, 3.63) is 59.9 Å². The lowest BCUT2D eigenvalue weighted by molar-refractivity contribution is 0.0827. The molecule has 3 aromatic rings. The summed E-state index contributed by atoms with van der Waals surface area (Å²) < 4.78 is 34.9. The Labute approximate surface area is 192 Å². The van der Waals surface area contributed by atoms with Crippen LogP contribution in [-0.4, -0.2) is 68.1 Å². The Morgan fingerprint density at radius 2 is 1.88 bits per heavy atom. The van der Waals surface area contributed by atoms with Gasteiger partial charge >= 0.3 is 0 Å². The zero-order chi connectivity index (χ0) is 23.8. The van der Waals surface area contributed by atoms with Gasteiger partial charge in [-0.15, -0.1) is 0 Å². The maximum absolute atomic E-state index is 12.7. The van der Waals surface area contributed by atoms with Gasteiger partial charge in [-0.2, -0.15) is 0 Å². The molecular weight excluding hydrogens is 444 g/mol. The van der Waals surface area contributed by atoms with E-state index in [9.17, 15) is 13.2 Å². The quantitative estimate of drug-likeness (QED) is 0.595. The van der Waals surface area contributed by atoms with E-state index >= 15 is 0 Å². The molecule has 0 spiro atoms. The number of aromatic amines is 1. The van der Waals surface area contributed by atoms with Crippen LogP contribution in [0.1, 0.15) is 23.0 Å². The van der Waals surface area contributed by atoms with E-state index in [2.05, 4.69) is 15.0 Å². The Morgan fingerprint density at radius 3 is 2.48 bits per heavy atom. The van der Waals surface area contributed by atoms with Crippen LogP contribution in [0.4, 0.5) is 0 Å². The first-order valence-corrected chi connectivity index (χ1v) is 12.1. The van der Waals surface area contributed by atoms with Crippen molar-refractivity contribution in [2.24, 2.45) is 4.99 Å². The number of rotatable bonds is 6. The van der Waals surface area contributed by atoms with Crippen molar-refractivity contribution in [2.75, 3.05) is 26.9 Å². The molecule has 1 aliphatic rings. The summed E-state index contributed by atoms with van der Waals surface area (Å²) in [6.45, 7) is 2.57. The first kappa shape index (κ1) is 22.5. The predicted molar refractivity (Wildman–Crippen MR) is 124 cm³/mol. The summed E-state index contributed by atoms with van der Waals surface area (Å²) >= 11 is 0. The largest absolute Gasteiger partial charge is 0.471 e. The van der Waals surface area contributed by atoms with Crippen LogP contribution in [0.25, 0.3) is 11.3 Å². The van der Waals surface area contributed by atoms with Gasteiger partial charge in [-0.3, -0.25) is 4.79 Å². The molecule has 1 aromatic carbocycles. The number of pyridine rings is 1. The van der Waals surface area contributed by atoms with Crippen LogP contribution in [0.5, 0.6) is 11.5 Å². The molecule has 0 radical (unpaired) electrons. The number of H-pyrrole nitrogens is 1. The molecule has 1 N–H and O–H groups in total. The number of ether oxygens (including phenoxy) is 2. The summed E-state index contributed by atoms with van der Waals surface area (Å²) in [5.74, 6) is 1.13. The van der Waals surface area contributed by atoms with E-state index in [4.69, 9.17) is 9.47 Å². The third-order valence-electron chi connectivity index (χ3n) is 4.92. The standard InChI is InChI=1S/C23H24N4O5S/c1-14-12-25-22(31-14)20-7-6-19(26-20)15-9-16(23(28)27(2)3)11-18(10-15)32-17-5-8-21(24-13-17)33(4,29)30/h5-11,13-14,26H,12H2,1-4H3/t14-/m0/s1. The van der Waals surface area contributed by atoms with Crippen LogP contribution in [0.3, 0.4) is 0 Å². The van der Waals surface area contributed by atoms with Gasteiger partial charge in [0.1, 0.15) is 23.3 Å². The fraction of sp³-hybridized carbons (Fsp3) is 0.261. The zero-order valence-corrected chi connectivity index (χ0v) is 19.5. The number of hydrogen-bond acceptors (Lipinski definition) is 7. The second-order valence-corrected chi connectivity index (χ2v) is 9.97. The Kier molecular flexibility index (Phi) is 5.94. The molecule has 33 heavy (non-hydrogen) atoms. The molecular formula is C23H24N4O5S. The normalized spacial score (nSPS) is 15.6. The molecule has 0 bridgehead atoms. The number of carbonyl (C=O) groups is 1. The molecule has 0 fully saturated rings. The summed E-state index contributed by atoms with van der Waals surface area (Å²) in [6, 6.07) is 11.8. The van der Waals surface area contributed by atoms with E-state index in [0.717, 1.165) is 23.2 Å². The highest BCUT2D eigenvalue weighted by atomic mass is 32.2. The maximum Gasteiger partial charge on any atom is 0.253 e. The molecule has 0 saturated heterocycles. The fourth-order valence-electron chi connectivity index (χ4n) is 3.29. The van der Waals surface area contributed by atoms with Crippen molar-refractivity contribution >= 4 is 21.6 Å². The number of aliphatic imine (C=N–C) groups is 1.